The van der Waals surface area contributed by atoms with Gasteiger partial charge in [0.1, 0.15) is 6.04 Å². The zero-order chi connectivity index (χ0) is 27.2. The monoisotopic (exact) mass is 631 g/mol. The normalized spacial score (nSPS) is 14.8. The van der Waals surface area contributed by atoms with Crippen LogP contribution in [0.15, 0.2) is 46.9 Å². The largest absolute Gasteiger partial charge is 0.352 e. The summed E-state index contributed by atoms with van der Waals surface area (Å²) in [5.41, 5.74) is 1.15. The van der Waals surface area contributed by atoms with Gasteiger partial charge in [-0.1, -0.05) is 64.1 Å². The molecule has 2 amide bonds. The molecule has 11 heteroatoms. The molecule has 0 aromatic heterocycles. The predicted octanol–water partition coefficient (Wildman–Crippen LogP) is 5.78. The SMILES string of the molecule is C[C@@H](C(=O)NC1CCCC1)N(Cc1ccc(Br)cc1)C(=O)CCCN(c1cc(Cl)ccc1Cl)S(C)(=O)=O. The van der Waals surface area contributed by atoms with Gasteiger partial charge in [0.05, 0.1) is 17.0 Å². The maximum absolute atomic E-state index is 13.4. The number of carbonyl (C=O) groups excluding carboxylic acids is 2. The van der Waals surface area contributed by atoms with E-state index >= 15 is 0 Å². The van der Waals surface area contributed by atoms with Crippen LogP contribution in [0.3, 0.4) is 0 Å². The Labute approximate surface area is 237 Å². The van der Waals surface area contributed by atoms with Gasteiger partial charge < -0.3 is 10.2 Å². The maximum atomic E-state index is 13.4. The van der Waals surface area contributed by atoms with Crippen LogP contribution in [0.2, 0.25) is 10.0 Å². The minimum atomic E-state index is -3.67. The molecule has 1 atom stereocenters. The molecule has 202 valence electrons. The molecule has 0 saturated heterocycles. The molecule has 7 nitrogen and oxygen atoms in total. The number of halogens is 3. The van der Waals surface area contributed by atoms with E-state index in [1.807, 2.05) is 24.3 Å². The van der Waals surface area contributed by atoms with Crippen molar-refractivity contribution in [2.24, 2.45) is 0 Å². The molecule has 1 N–H and O–H groups in total. The summed E-state index contributed by atoms with van der Waals surface area (Å²) >= 11 is 15.7. The van der Waals surface area contributed by atoms with Crippen molar-refractivity contribution in [2.45, 2.75) is 64.1 Å². The van der Waals surface area contributed by atoms with Gasteiger partial charge in [-0.15, -0.1) is 0 Å². The van der Waals surface area contributed by atoms with Crippen molar-refractivity contribution in [3.05, 3.63) is 62.5 Å². The van der Waals surface area contributed by atoms with Gasteiger partial charge in [0.15, 0.2) is 0 Å². The Bertz CT molecular complexity index is 1200. The number of anilines is 1. The Morgan fingerprint density at radius 2 is 1.76 bits per heavy atom. The number of benzene rings is 2. The zero-order valence-electron chi connectivity index (χ0n) is 20.9. The summed E-state index contributed by atoms with van der Waals surface area (Å²) in [5, 5.41) is 3.68. The van der Waals surface area contributed by atoms with Crippen LogP contribution < -0.4 is 9.62 Å². The fourth-order valence-corrected chi connectivity index (χ4v) is 6.09. The number of sulfonamides is 1. The topological polar surface area (TPSA) is 86.8 Å². The lowest BCUT2D eigenvalue weighted by molar-refractivity contribution is -0.141. The lowest BCUT2D eigenvalue weighted by atomic mass is 10.1. The predicted molar refractivity (Wildman–Crippen MR) is 152 cm³/mol. The Morgan fingerprint density at radius 1 is 1.11 bits per heavy atom. The van der Waals surface area contributed by atoms with Crippen LogP contribution >= 0.6 is 39.1 Å². The first-order valence-corrected chi connectivity index (χ1v) is 15.6. The highest BCUT2D eigenvalue weighted by Crippen LogP contribution is 2.31. The average molecular weight is 633 g/mol. The molecule has 1 saturated carbocycles. The summed E-state index contributed by atoms with van der Waals surface area (Å²) in [6.07, 6.45) is 5.47. The van der Waals surface area contributed by atoms with Crippen molar-refractivity contribution in [2.75, 3.05) is 17.1 Å². The van der Waals surface area contributed by atoms with E-state index in [0.29, 0.717) is 5.02 Å². The summed E-state index contributed by atoms with van der Waals surface area (Å²) in [6, 6.07) is 11.7. The zero-order valence-corrected chi connectivity index (χ0v) is 24.8. The number of nitrogens with one attached hydrogen (secondary N) is 1. The molecule has 1 fully saturated rings. The molecule has 0 heterocycles. The van der Waals surface area contributed by atoms with Crippen LogP contribution in [0.1, 0.15) is 51.0 Å². The Hall–Kier alpha value is -1.81. The van der Waals surface area contributed by atoms with E-state index in [-0.39, 0.29) is 54.5 Å². The smallest absolute Gasteiger partial charge is 0.242 e. The number of hydrogen-bond acceptors (Lipinski definition) is 4. The maximum Gasteiger partial charge on any atom is 0.242 e. The molecular formula is C26H32BrCl2N3O4S. The first-order chi connectivity index (χ1) is 17.5. The van der Waals surface area contributed by atoms with E-state index in [4.69, 9.17) is 23.2 Å². The molecule has 0 unspecified atom stereocenters. The third kappa shape index (κ3) is 8.60. The van der Waals surface area contributed by atoms with Crippen LogP contribution in [0.4, 0.5) is 5.69 Å². The number of amides is 2. The van der Waals surface area contributed by atoms with E-state index in [0.717, 1.165) is 46.3 Å². The first kappa shape index (κ1) is 29.7. The van der Waals surface area contributed by atoms with Gasteiger partial charge in [0.25, 0.3) is 0 Å². The number of nitrogens with zero attached hydrogens (tertiary/aromatic N) is 2. The third-order valence-electron chi connectivity index (χ3n) is 6.46. The van der Waals surface area contributed by atoms with Crippen LogP contribution in [-0.4, -0.2) is 50.0 Å². The molecule has 0 bridgehead atoms. The molecule has 0 spiro atoms. The van der Waals surface area contributed by atoms with Crippen molar-refractivity contribution < 1.29 is 18.0 Å². The number of rotatable bonds is 11. The van der Waals surface area contributed by atoms with E-state index in [1.54, 1.807) is 17.9 Å². The molecule has 2 aromatic carbocycles. The van der Waals surface area contributed by atoms with Gasteiger partial charge in [0.2, 0.25) is 21.8 Å². The first-order valence-electron chi connectivity index (χ1n) is 12.2. The number of carbonyl (C=O) groups is 2. The van der Waals surface area contributed by atoms with Crippen molar-refractivity contribution in [1.29, 1.82) is 0 Å². The fourth-order valence-electron chi connectivity index (χ4n) is 4.42. The third-order valence-corrected chi connectivity index (χ3v) is 8.73. The second-order valence-electron chi connectivity index (χ2n) is 9.35. The van der Waals surface area contributed by atoms with Gasteiger partial charge in [-0.3, -0.25) is 13.9 Å². The Kier molecular flexibility index (Phi) is 10.7. The van der Waals surface area contributed by atoms with Crippen LogP contribution in [0.25, 0.3) is 0 Å². The van der Waals surface area contributed by atoms with Crippen molar-refractivity contribution in [3.8, 4) is 0 Å². The minimum absolute atomic E-state index is 0.0411. The van der Waals surface area contributed by atoms with Crippen molar-refractivity contribution in [3.63, 3.8) is 0 Å². The summed E-state index contributed by atoms with van der Waals surface area (Å²) < 4.78 is 27.1. The molecule has 3 rings (SSSR count). The standard InChI is InChI=1S/C26H32BrCl2N3O4S/c1-18(26(34)30-22-6-3-4-7-22)31(17-19-9-11-20(27)12-10-19)25(33)8-5-15-32(37(2,35)36)24-16-21(28)13-14-23(24)29/h9-14,16,18,22H,3-8,15,17H2,1-2H3,(H,30,34)/t18-/m0/s1. The fraction of sp³-hybridized carbons (Fsp3) is 0.462. The van der Waals surface area contributed by atoms with Gasteiger partial charge in [0, 0.05) is 35.0 Å². The summed E-state index contributed by atoms with van der Waals surface area (Å²) in [4.78, 5) is 28.0. The molecule has 2 aromatic rings. The minimum Gasteiger partial charge on any atom is -0.352 e. The molecular weight excluding hydrogens is 601 g/mol. The highest BCUT2D eigenvalue weighted by atomic mass is 79.9. The van der Waals surface area contributed by atoms with Crippen LogP contribution in [0.5, 0.6) is 0 Å². The van der Waals surface area contributed by atoms with Gasteiger partial charge >= 0.3 is 0 Å². The van der Waals surface area contributed by atoms with Gasteiger partial charge in [-0.05, 0) is 62.1 Å². The molecule has 37 heavy (non-hydrogen) atoms. The highest BCUT2D eigenvalue weighted by molar-refractivity contribution is 9.10. The Balaban J connectivity index is 1.73. The lowest BCUT2D eigenvalue weighted by Crippen LogP contribution is -2.49. The van der Waals surface area contributed by atoms with E-state index < -0.39 is 16.1 Å². The average Bonchev–Trinajstić information content (AvgIpc) is 3.35. The second kappa shape index (κ2) is 13.3. The molecule has 0 radical (unpaired) electrons. The lowest BCUT2D eigenvalue weighted by Gasteiger charge is -2.30. The summed E-state index contributed by atoms with van der Waals surface area (Å²) in [7, 11) is -3.67. The van der Waals surface area contributed by atoms with E-state index in [9.17, 15) is 18.0 Å². The molecule has 1 aliphatic rings. The molecule has 1 aliphatic carbocycles. The van der Waals surface area contributed by atoms with Crippen LogP contribution in [0, 0.1) is 0 Å². The van der Waals surface area contributed by atoms with E-state index in [1.165, 1.54) is 12.1 Å². The van der Waals surface area contributed by atoms with Crippen LogP contribution in [-0.2, 0) is 26.2 Å². The van der Waals surface area contributed by atoms with Crippen molar-refractivity contribution in [1.82, 2.24) is 10.2 Å². The second-order valence-corrected chi connectivity index (χ2v) is 13.0. The number of hydrogen-bond donors (Lipinski definition) is 1. The highest BCUT2D eigenvalue weighted by Gasteiger charge is 2.29. The quantitative estimate of drug-likeness (QED) is 0.340. The summed E-state index contributed by atoms with van der Waals surface area (Å²) in [5.74, 6) is -0.413. The van der Waals surface area contributed by atoms with E-state index in [2.05, 4.69) is 21.2 Å². The van der Waals surface area contributed by atoms with Gasteiger partial charge in [-0.25, -0.2) is 8.42 Å². The summed E-state index contributed by atoms with van der Waals surface area (Å²) in [6.45, 7) is 2.04. The molecule has 0 aliphatic heterocycles. The van der Waals surface area contributed by atoms with Crippen molar-refractivity contribution >= 4 is 66.7 Å². The van der Waals surface area contributed by atoms with Gasteiger partial charge in [-0.2, -0.15) is 0 Å². The Morgan fingerprint density at radius 3 is 2.38 bits per heavy atom.